The van der Waals surface area contributed by atoms with E-state index in [4.69, 9.17) is 9.47 Å². The molecule has 0 aromatic heterocycles. The highest BCUT2D eigenvalue weighted by Crippen LogP contribution is 2.22. The zero-order valence-electron chi connectivity index (χ0n) is 14.7. The standard InChI is InChI=1S/C20H21F2NO4/c21-14-4-3-5-15(12-14)26-13-20(25)23-10-8-17(24)19(9-11-23)27-18-7-2-1-6-16(18)22/h1-7,12,17,19,24H,8-11,13H2/t17-,19-/m0/s1. The number of amides is 1. The highest BCUT2D eigenvalue weighted by molar-refractivity contribution is 5.77. The van der Waals surface area contributed by atoms with Crippen molar-refractivity contribution in [2.24, 2.45) is 0 Å². The molecule has 1 fully saturated rings. The summed E-state index contributed by atoms with van der Waals surface area (Å²) >= 11 is 0. The van der Waals surface area contributed by atoms with Crippen molar-refractivity contribution >= 4 is 5.91 Å². The number of aliphatic hydroxyl groups excluding tert-OH is 1. The van der Waals surface area contributed by atoms with E-state index < -0.39 is 23.8 Å². The average Bonchev–Trinajstić information content (AvgIpc) is 2.84. The Morgan fingerprint density at radius 2 is 1.89 bits per heavy atom. The normalized spacial score (nSPS) is 20.0. The Morgan fingerprint density at radius 3 is 2.67 bits per heavy atom. The Labute approximate surface area is 156 Å². The monoisotopic (exact) mass is 377 g/mol. The Balaban J connectivity index is 1.55. The maximum Gasteiger partial charge on any atom is 0.260 e. The number of hydrogen-bond donors (Lipinski definition) is 1. The van der Waals surface area contributed by atoms with Gasteiger partial charge in [0, 0.05) is 25.6 Å². The third-order valence-electron chi connectivity index (χ3n) is 4.43. The number of hydrogen-bond acceptors (Lipinski definition) is 4. The molecule has 1 amide bonds. The number of likely N-dealkylation sites (tertiary alicyclic amines) is 1. The van der Waals surface area contributed by atoms with Crippen LogP contribution in [0.5, 0.6) is 11.5 Å². The first-order chi connectivity index (χ1) is 13.0. The summed E-state index contributed by atoms with van der Waals surface area (Å²) in [5.41, 5.74) is 0. The maximum atomic E-state index is 13.8. The van der Waals surface area contributed by atoms with Gasteiger partial charge in [0.15, 0.2) is 18.2 Å². The van der Waals surface area contributed by atoms with Crippen molar-refractivity contribution in [2.45, 2.75) is 25.0 Å². The van der Waals surface area contributed by atoms with E-state index in [-0.39, 0.29) is 24.0 Å². The molecule has 1 N–H and O–H groups in total. The van der Waals surface area contributed by atoms with Crippen LogP contribution in [-0.2, 0) is 4.79 Å². The summed E-state index contributed by atoms with van der Waals surface area (Å²) in [7, 11) is 0. The quantitative estimate of drug-likeness (QED) is 0.871. The number of rotatable bonds is 5. The van der Waals surface area contributed by atoms with Crippen LogP contribution in [0.25, 0.3) is 0 Å². The van der Waals surface area contributed by atoms with E-state index >= 15 is 0 Å². The molecule has 7 heteroatoms. The highest BCUT2D eigenvalue weighted by Gasteiger charge is 2.29. The molecule has 1 heterocycles. The van der Waals surface area contributed by atoms with Crippen molar-refractivity contribution in [1.82, 2.24) is 4.90 Å². The molecule has 0 spiro atoms. The summed E-state index contributed by atoms with van der Waals surface area (Å²) in [5.74, 6) is -0.843. The Morgan fingerprint density at radius 1 is 1.11 bits per heavy atom. The van der Waals surface area contributed by atoms with Gasteiger partial charge in [-0.15, -0.1) is 0 Å². The number of halogens is 2. The number of carbonyl (C=O) groups is 1. The zero-order chi connectivity index (χ0) is 19.2. The molecule has 27 heavy (non-hydrogen) atoms. The number of para-hydroxylation sites is 1. The Kier molecular flexibility index (Phi) is 6.24. The van der Waals surface area contributed by atoms with Gasteiger partial charge in [-0.25, -0.2) is 8.78 Å². The van der Waals surface area contributed by atoms with Gasteiger partial charge in [0.25, 0.3) is 5.91 Å². The molecule has 144 valence electrons. The fourth-order valence-electron chi connectivity index (χ4n) is 2.94. The largest absolute Gasteiger partial charge is 0.485 e. The van der Waals surface area contributed by atoms with Crippen molar-refractivity contribution in [1.29, 1.82) is 0 Å². The van der Waals surface area contributed by atoms with Crippen LogP contribution >= 0.6 is 0 Å². The Hall–Kier alpha value is -2.67. The molecule has 0 bridgehead atoms. The summed E-state index contributed by atoms with van der Waals surface area (Å²) in [6, 6.07) is 11.6. The number of carbonyl (C=O) groups excluding carboxylic acids is 1. The van der Waals surface area contributed by atoms with Crippen LogP contribution in [0, 0.1) is 11.6 Å². The van der Waals surface area contributed by atoms with Crippen LogP contribution in [0.3, 0.4) is 0 Å². The summed E-state index contributed by atoms with van der Waals surface area (Å²) in [6.45, 7) is 0.462. The smallest absolute Gasteiger partial charge is 0.260 e. The minimum Gasteiger partial charge on any atom is -0.485 e. The molecule has 0 aliphatic carbocycles. The lowest BCUT2D eigenvalue weighted by molar-refractivity contribution is -0.133. The fraction of sp³-hybridized carbons (Fsp3) is 0.350. The van der Waals surface area contributed by atoms with E-state index in [1.54, 1.807) is 23.1 Å². The van der Waals surface area contributed by atoms with Crippen LogP contribution in [-0.4, -0.2) is 47.8 Å². The van der Waals surface area contributed by atoms with Crippen molar-refractivity contribution in [2.75, 3.05) is 19.7 Å². The maximum absolute atomic E-state index is 13.8. The average molecular weight is 377 g/mol. The molecular formula is C20H21F2NO4. The van der Waals surface area contributed by atoms with Gasteiger partial charge in [-0.3, -0.25) is 4.79 Å². The molecule has 3 rings (SSSR count). The molecule has 1 aliphatic rings. The first-order valence-corrected chi connectivity index (χ1v) is 8.78. The first-order valence-electron chi connectivity index (χ1n) is 8.78. The molecule has 1 aliphatic heterocycles. The summed E-state index contributed by atoms with van der Waals surface area (Å²) in [4.78, 5) is 13.9. The second kappa shape index (κ2) is 8.81. The van der Waals surface area contributed by atoms with Gasteiger partial charge in [-0.1, -0.05) is 18.2 Å². The molecule has 0 unspecified atom stereocenters. The second-order valence-corrected chi connectivity index (χ2v) is 6.36. The van der Waals surface area contributed by atoms with Gasteiger partial charge in [-0.2, -0.15) is 0 Å². The molecular weight excluding hydrogens is 356 g/mol. The minimum absolute atomic E-state index is 0.0794. The molecule has 1 saturated heterocycles. The predicted molar refractivity (Wildman–Crippen MR) is 94.5 cm³/mol. The van der Waals surface area contributed by atoms with E-state index in [1.807, 2.05) is 0 Å². The molecule has 2 aromatic rings. The van der Waals surface area contributed by atoms with E-state index in [0.29, 0.717) is 25.9 Å². The topological polar surface area (TPSA) is 59.0 Å². The zero-order valence-corrected chi connectivity index (χ0v) is 14.7. The molecule has 0 radical (unpaired) electrons. The molecule has 5 nitrogen and oxygen atoms in total. The molecule has 0 saturated carbocycles. The lowest BCUT2D eigenvalue weighted by atomic mass is 10.1. The third-order valence-corrected chi connectivity index (χ3v) is 4.43. The minimum atomic E-state index is -0.813. The first kappa shape index (κ1) is 19.1. The van der Waals surface area contributed by atoms with Crippen LogP contribution in [0.15, 0.2) is 48.5 Å². The van der Waals surface area contributed by atoms with E-state index in [1.165, 1.54) is 30.3 Å². The highest BCUT2D eigenvalue weighted by atomic mass is 19.1. The van der Waals surface area contributed by atoms with Crippen LogP contribution < -0.4 is 9.47 Å². The van der Waals surface area contributed by atoms with Crippen molar-refractivity contribution in [3.8, 4) is 11.5 Å². The lowest BCUT2D eigenvalue weighted by Gasteiger charge is -2.22. The Bertz CT molecular complexity index is 786. The third kappa shape index (κ3) is 5.17. The summed E-state index contributed by atoms with van der Waals surface area (Å²) < 4.78 is 37.8. The second-order valence-electron chi connectivity index (χ2n) is 6.36. The molecule has 2 atom stereocenters. The van der Waals surface area contributed by atoms with E-state index in [9.17, 15) is 18.7 Å². The number of aliphatic hydroxyl groups is 1. The number of nitrogens with zero attached hydrogens (tertiary/aromatic N) is 1. The SMILES string of the molecule is O=C(COc1cccc(F)c1)N1CC[C@H](Oc2ccccc2F)[C@@H](O)CC1. The van der Waals surface area contributed by atoms with Gasteiger partial charge in [0.1, 0.15) is 17.7 Å². The lowest BCUT2D eigenvalue weighted by Crippen LogP contribution is -2.36. The van der Waals surface area contributed by atoms with Gasteiger partial charge >= 0.3 is 0 Å². The van der Waals surface area contributed by atoms with Gasteiger partial charge < -0.3 is 19.5 Å². The molecule has 2 aromatic carbocycles. The van der Waals surface area contributed by atoms with E-state index in [2.05, 4.69) is 0 Å². The van der Waals surface area contributed by atoms with Crippen LogP contribution in [0.4, 0.5) is 8.78 Å². The van der Waals surface area contributed by atoms with Gasteiger partial charge in [0.2, 0.25) is 0 Å². The fourth-order valence-corrected chi connectivity index (χ4v) is 2.94. The van der Waals surface area contributed by atoms with Gasteiger partial charge in [-0.05, 0) is 30.7 Å². The summed E-state index contributed by atoms with van der Waals surface area (Å²) in [6.07, 6.45) is -0.748. The van der Waals surface area contributed by atoms with Crippen LogP contribution in [0.1, 0.15) is 12.8 Å². The van der Waals surface area contributed by atoms with Crippen LogP contribution in [0.2, 0.25) is 0 Å². The van der Waals surface area contributed by atoms with Crippen molar-refractivity contribution < 1.29 is 28.2 Å². The summed E-state index contributed by atoms with van der Waals surface area (Å²) in [5, 5.41) is 10.3. The van der Waals surface area contributed by atoms with E-state index in [0.717, 1.165) is 0 Å². The van der Waals surface area contributed by atoms with Gasteiger partial charge in [0.05, 0.1) is 6.10 Å². The van der Waals surface area contributed by atoms with Crippen molar-refractivity contribution in [3.63, 3.8) is 0 Å². The predicted octanol–water partition coefficient (Wildman–Crippen LogP) is 2.77. The van der Waals surface area contributed by atoms with Crippen molar-refractivity contribution in [3.05, 3.63) is 60.2 Å². The number of benzene rings is 2. The number of ether oxygens (including phenoxy) is 2.